The molecule has 0 radical (unpaired) electrons. The molecule has 0 aliphatic rings. The Morgan fingerprint density at radius 3 is 2.18 bits per heavy atom. The zero-order valence-corrected chi connectivity index (χ0v) is 7.89. The number of nitrogens with two attached hydrogens (primary N) is 1. The molecule has 0 heterocycles. The summed E-state index contributed by atoms with van der Waals surface area (Å²) >= 11 is 0. The van der Waals surface area contributed by atoms with Crippen molar-refractivity contribution in [3.63, 3.8) is 0 Å². The Hall–Kier alpha value is -0.120. The molecule has 0 spiro atoms. The molecule has 0 saturated heterocycles. The van der Waals surface area contributed by atoms with Crippen molar-refractivity contribution >= 4 is 0 Å². The number of ether oxygens (including phenoxy) is 2. The van der Waals surface area contributed by atoms with Crippen LogP contribution in [0.2, 0.25) is 0 Å². The highest BCUT2D eigenvalue weighted by Gasteiger charge is 2.27. The maximum atomic E-state index is 5.58. The Bertz CT molecular complexity index is 104. The van der Waals surface area contributed by atoms with Gasteiger partial charge >= 0.3 is 0 Å². The van der Waals surface area contributed by atoms with Crippen LogP contribution in [0.1, 0.15) is 13.8 Å². The average Bonchev–Trinajstić information content (AvgIpc) is 2.00. The van der Waals surface area contributed by atoms with Crippen LogP contribution in [0.4, 0.5) is 0 Å². The van der Waals surface area contributed by atoms with Gasteiger partial charge in [-0.05, 0) is 6.54 Å². The fraction of sp³-hybridized carbons (Fsp3) is 1.00. The van der Waals surface area contributed by atoms with Crippen LogP contribution < -0.4 is 5.73 Å². The van der Waals surface area contributed by atoms with Gasteiger partial charge in [0.15, 0.2) is 0 Å². The van der Waals surface area contributed by atoms with Crippen LogP contribution in [0.5, 0.6) is 0 Å². The van der Waals surface area contributed by atoms with E-state index >= 15 is 0 Å². The first-order valence-electron chi connectivity index (χ1n) is 3.80. The van der Waals surface area contributed by atoms with Crippen molar-refractivity contribution in [1.82, 2.24) is 0 Å². The third-order valence-electron chi connectivity index (χ3n) is 2.00. The third-order valence-corrected chi connectivity index (χ3v) is 2.00. The Kier molecular flexibility index (Phi) is 4.65. The molecular formula is C8H19NO2. The molecule has 0 aliphatic heterocycles. The Morgan fingerprint density at radius 1 is 1.36 bits per heavy atom. The molecule has 0 saturated carbocycles. The lowest BCUT2D eigenvalue weighted by Crippen LogP contribution is -2.40. The molecule has 0 rings (SSSR count). The first kappa shape index (κ1) is 10.9. The van der Waals surface area contributed by atoms with E-state index in [4.69, 9.17) is 15.2 Å². The standard InChI is InChI=1S/C8H19NO2/c1-8(2,6-9)7(11-4)5-10-3/h7H,5-6,9H2,1-4H3. The summed E-state index contributed by atoms with van der Waals surface area (Å²) in [7, 11) is 3.35. The Labute approximate surface area is 68.9 Å². The van der Waals surface area contributed by atoms with E-state index < -0.39 is 0 Å². The highest BCUT2D eigenvalue weighted by molar-refractivity contribution is 4.79. The molecule has 3 heteroatoms. The molecule has 0 aromatic heterocycles. The van der Waals surface area contributed by atoms with Gasteiger partial charge in [0.05, 0.1) is 12.7 Å². The van der Waals surface area contributed by atoms with Crippen molar-refractivity contribution in [3.05, 3.63) is 0 Å². The average molecular weight is 161 g/mol. The summed E-state index contributed by atoms with van der Waals surface area (Å²) in [5, 5.41) is 0. The minimum absolute atomic E-state index is 0.00917. The molecule has 1 atom stereocenters. The second-order valence-electron chi connectivity index (χ2n) is 3.37. The molecule has 0 aliphatic carbocycles. The van der Waals surface area contributed by atoms with Gasteiger partial charge in [-0.1, -0.05) is 13.8 Å². The highest BCUT2D eigenvalue weighted by atomic mass is 16.5. The topological polar surface area (TPSA) is 44.5 Å². The molecule has 11 heavy (non-hydrogen) atoms. The second kappa shape index (κ2) is 4.70. The van der Waals surface area contributed by atoms with Crippen LogP contribution in [0.15, 0.2) is 0 Å². The first-order chi connectivity index (χ1) is 5.08. The van der Waals surface area contributed by atoms with E-state index in [1.807, 2.05) is 0 Å². The van der Waals surface area contributed by atoms with Crippen molar-refractivity contribution in [2.24, 2.45) is 11.1 Å². The van der Waals surface area contributed by atoms with Gasteiger partial charge < -0.3 is 15.2 Å². The van der Waals surface area contributed by atoms with Crippen LogP contribution >= 0.6 is 0 Å². The summed E-state index contributed by atoms with van der Waals surface area (Å²) < 4.78 is 10.2. The number of rotatable bonds is 5. The smallest absolute Gasteiger partial charge is 0.0867 e. The summed E-state index contributed by atoms with van der Waals surface area (Å²) in [6.45, 7) is 5.34. The van der Waals surface area contributed by atoms with Crippen LogP contribution in [0, 0.1) is 5.41 Å². The van der Waals surface area contributed by atoms with E-state index in [2.05, 4.69) is 13.8 Å². The lowest BCUT2D eigenvalue weighted by Gasteiger charge is -2.31. The SMILES string of the molecule is COCC(OC)C(C)(C)CN. The van der Waals surface area contributed by atoms with Crippen LogP contribution in [0.3, 0.4) is 0 Å². The molecule has 68 valence electrons. The van der Waals surface area contributed by atoms with E-state index in [-0.39, 0.29) is 11.5 Å². The first-order valence-corrected chi connectivity index (χ1v) is 3.80. The van der Waals surface area contributed by atoms with E-state index in [1.54, 1.807) is 14.2 Å². The lowest BCUT2D eigenvalue weighted by molar-refractivity contribution is -0.0384. The normalized spacial score (nSPS) is 15.0. The van der Waals surface area contributed by atoms with Crippen molar-refractivity contribution in [1.29, 1.82) is 0 Å². The minimum atomic E-state index is -0.00917. The van der Waals surface area contributed by atoms with E-state index in [0.717, 1.165) is 0 Å². The van der Waals surface area contributed by atoms with Gasteiger partial charge in [0.2, 0.25) is 0 Å². The van der Waals surface area contributed by atoms with Gasteiger partial charge in [0.25, 0.3) is 0 Å². The molecular weight excluding hydrogens is 142 g/mol. The van der Waals surface area contributed by atoms with Crippen LogP contribution in [0.25, 0.3) is 0 Å². The molecule has 3 nitrogen and oxygen atoms in total. The van der Waals surface area contributed by atoms with Gasteiger partial charge in [0.1, 0.15) is 0 Å². The molecule has 0 bridgehead atoms. The van der Waals surface area contributed by atoms with Gasteiger partial charge in [0, 0.05) is 19.6 Å². The number of methoxy groups -OCH3 is 2. The fourth-order valence-electron chi connectivity index (χ4n) is 0.895. The largest absolute Gasteiger partial charge is 0.382 e. The predicted molar refractivity (Wildman–Crippen MR) is 45.5 cm³/mol. The third kappa shape index (κ3) is 3.18. The summed E-state index contributed by atoms with van der Waals surface area (Å²) in [5.74, 6) is 0. The van der Waals surface area contributed by atoms with Crippen molar-refractivity contribution < 1.29 is 9.47 Å². The van der Waals surface area contributed by atoms with E-state index in [1.165, 1.54) is 0 Å². The van der Waals surface area contributed by atoms with Crippen molar-refractivity contribution in [2.45, 2.75) is 20.0 Å². The van der Waals surface area contributed by atoms with Gasteiger partial charge in [-0.3, -0.25) is 0 Å². The number of hydrogen-bond acceptors (Lipinski definition) is 3. The molecule has 0 amide bonds. The quantitative estimate of drug-likeness (QED) is 0.643. The van der Waals surface area contributed by atoms with Gasteiger partial charge in [-0.2, -0.15) is 0 Å². The van der Waals surface area contributed by atoms with Gasteiger partial charge in [-0.15, -0.1) is 0 Å². The van der Waals surface area contributed by atoms with Crippen molar-refractivity contribution in [2.75, 3.05) is 27.4 Å². The van der Waals surface area contributed by atoms with Gasteiger partial charge in [-0.25, -0.2) is 0 Å². The minimum Gasteiger partial charge on any atom is -0.382 e. The second-order valence-corrected chi connectivity index (χ2v) is 3.37. The highest BCUT2D eigenvalue weighted by Crippen LogP contribution is 2.21. The molecule has 0 aromatic carbocycles. The van der Waals surface area contributed by atoms with Crippen LogP contribution in [-0.2, 0) is 9.47 Å². The predicted octanol–water partition coefficient (Wildman–Crippen LogP) is 0.633. The summed E-state index contributed by atoms with van der Waals surface area (Å²) in [4.78, 5) is 0. The zero-order chi connectivity index (χ0) is 8.91. The molecule has 1 unspecified atom stereocenters. The lowest BCUT2D eigenvalue weighted by atomic mass is 9.87. The Balaban J connectivity index is 3.99. The zero-order valence-electron chi connectivity index (χ0n) is 7.89. The van der Waals surface area contributed by atoms with Crippen LogP contribution in [-0.4, -0.2) is 33.5 Å². The number of hydrogen-bond donors (Lipinski definition) is 1. The summed E-state index contributed by atoms with van der Waals surface area (Å²) in [6, 6.07) is 0. The maximum absolute atomic E-state index is 5.58. The van der Waals surface area contributed by atoms with Crippen molar-refractivity contribution in [3.8, 4) is 0 Å². The van der Waals surface area contributed by atoms with E-state index in [9.17, 15) is 0 Å². The Morgan fingerprint density at radius 2 is 1.91 bits per heavy atom. The molecule has 0 fully saturated rings. The summed E-state index contributed by atoms with van der Waals surface area (Å²) in [6.07, 6.45) is 0.0810. The molecule has 0 aromatic rings. The maximum Gasteiger partial charge on any atom is 0.0867 e. The monoisotopic (exact) mass is 161 g/mol. The summed E-state index contributed by atoms with van der Waals surface area (Å²) in [5.41, 5.74) is 5.57. The van der Waals surface area contributed by atoms with E-state index in [0.29, 0.717) is 13.2 Å². The molecule has 2 N–H and O–H groups in total. The fourth-order valence-corrected chi connectivity index (χ4v) is 0.895.